The van der Waals surface area contributed by atoms with Crippen molar-refractivity contribution in [2.45, 2.75) is 41.0 Å². The minimum atomic E-state index is -0.194. The third kappa shape index (κ3) is 4.53. The average Bonchev–Trinajstić information content (AvgIpc) is 2.37. The molecule has 0 aromatic heterocycles. The van der Waals surface area contributed by atoms with Gasteiger partial charge in [-0.25, -0.2) is 0 Å². The Morgan fingerprint density at radius 1 is 0.900 bits per heavy atom. The van der Waals surface area contributed by atoms with Crippen molar-refractivity contribution in [2.75, 3.05) is 0 Å². The summed E-state index contributed by atoms with van der Waals surface area (Å²) in [5.41, 5.74) is 2.08. The van der Waals surface area contributed by atoms with Gasteiger partial charge in [0.1, 0.15) is 6.29 Å². The first-order valence-electron chi connectivity index (χ1n) is 6.39. The second-order valence-electron chi connectivity index (χ2n) is 4.31. The lowest BCUT2D eigenvalue weighted by Crippen LogP contribution is -2.09. The molecule has 0 radical (unpaired) electrons. The maximum absolute atomic E-state index is 11.5. The molecule has 0 bridgehead atoms. The van der Waals surface area contributed by atoms with Gasteiger partial charge in [-0.05, 0) is 51.8 Å². The standard InChI is InChI=1S/C14H16O3.C2H4O/c1-5-11-6-13(9(3)16)14(10(4)17)7-12(11)8(2)15;1-2-3/h6-7H,5H2,1-4H3;2H,1H3. The van der Waals surface area contributed by atoms with E-state index in [2.05, 4.69) is 0 Å². The normalized spacial score (nSPS) is 9.25. The summed E-state index contributed by atoms with van der Waals surface area (Å²) < 4.78 is 0. The fourth-order valence-corrected chi connectivity index (χ4v) is 1.85. The lowest BCUT2D eigenvalue weighted by Gasteiger charge is -2.10. The molecule has 0 amide bonds. The summed E-state index contributed by atoms with van der Waals surface area (Å²) in [6.07, 6.45) is 1.41. The molecule has 1 rings (SSSR count). The molecule has 0 N–H and O–H groups in total. The summed E-state index contributed by atoms with van der Waals surface area (Å²) in [5, 5.41) is 0. The van der Waals surface area contributed by atoms with Crippen molar-refractivity contribution >= 4 is 23.6 Å². The van der Waals surface area contributed by atoms with Gasteiger partial charge in [0, 0.05) is 16.7 Å². The number of rotatable bonds is 4. The van der Waals surface area contributed by atoms with Crippen LogP contribution < -0.4 is 0 Å². The topological polar surface area (TPSA) is 68.3 Å². The van der Waals surface area contributed by atoms with Gasteiger partial charge in [-0.1, -0.05) is 6.92 Å². The zero-order chi connectivity index (χ0) is 15.9. The lowest BCUT2D eigenvalue weighted by molar-refractivity contribution is -0.106. The van der Waals surface area contributed by atoms with Crippen molar-refractivity contribution in [3.05, 3.63) is 34.4 Å². The fourth-order valence-electron chi connectivity index (χ4n) is 1.85. The molecule has 0 spiro atoms. The Morgan fingerprint density at radius 2 is 1.25 bits per heavy atom. The predicted molar refractivity (Wildman–Crippen MR) is 77.6 cm³/mol. The van der Waals surface area contributed by atoms with Crippen molar-refractivity contribution in [1.29, 1.82) is 0 Å². The summed E-state index contributed by atoms with van der Waals surface area (Å²) >= 11 is 0. The van der Waals surface area contributed by atoms with Gasteiger partial charge in [-0.15, -0.1) is 0 Å². The van der Waals surface area contributed by atoms with E-state index in [0.29, 0.717) is 23.1 Å². The van der Waals surface area contributed by atoms with Crippen molar-refractivity contribution in [1.82, 2.24) is 0 Å². The van der Waals surface area contributed by atoms with Crippen LogP contribution in [-0.4, -0.2) is 23.6 Å². The Kier molecular flexibility index (Phi) is 7.29. The molecule has 0 aliphatic carbocycles. The molecule has 0 atom stereocenters. The number of aryl methyl sites for hydroxylation is 1. The molecular weight excluding hydrogens is 256 g/mol. The number of Topliss-reactive ketones (excluding diaryl/α,β-unsaturated/α-hetero) is 3. The highest BCUT2D eigenvalue weighted by Gasteiger charge is 2.16. The van der Waals surface area contributed by atoms with Crippen LogP contribution in [0.15, 0.2) is 12.1 Å². The van der Waals surface area contributed by atoms with Gasteiger partial charge < -0.3 is 4.79 Å². The smallest absolute Gasteiger partial charge is 0.160 e. The first kappa shape index (κ1) is 17.9. The number of benzene rings is 1. The largest absolute Gasteiger partial charge is 0.304 e. The SMILES string of the molecule is CC=O.CCc1cc(C(C)=O)c(C(C)=O)cc1C(C)=O. The van der Waals surface area contributed by atoms with Gasteiger partial charge in [0.25, 0.3) is 0 Å². The highest BCUT2D eigenvalue weighted by Crippen LogP contribution is 2.20. The first-order chi connectivity index (χ1) is 9.29. The maximum atomic E-state index is 11.5. The minimum Gasteiger partial charge on any atom is -0.304 e. The van der Waals surface area contributed by atoms with Crippen LogP contribution in [-0.2, 0) is 11.2 Å². The van der Waals surface area contributed by atoms with Crippen molar-refractivity contribution in [2.24, 2.45) is 0 Å². The predicted octanol–water partition coefficient (Wildman–Crippen LogP) is 3.06. The maximum Gasteiger partial charge on any atom is 0.160 e. The van der Waals surface area contributed by atoms with Crippen LogP contribution in [0.5, 0.6) is 0 Å². The van der Waals surface area contributed by atoms with Crippen molar-refractivity contribution in [3.63, 3.8) is 0 Å². The molecule has 108 valence electrons. The third-order valence-corrected chi connectivity index (χ3v) is 2.76. The molecule has 0 heterocycles. The van der Waals surface area contributed by atoms with E-state index in [-0.39, 0.29) is 17.3 Å². The van der Waals surface area contributed by atoms with E-state index in [4.69, 9.17) is 4.79 Å². The van der Waals surface area contributed by atoms with Gasteiger partial charge >= 0.3 is 0 Å². The number of hydrogen-bond acceptors (Lipinski definition) is 4. The molecule has 4 nitrogen and oxygen atoms in total. The second-order valence-corrected chi connectivity index (χ2v) is 4.31. The Balaban J connectivity index is 0.00000110. The number of carbonyl (C=O) groups excluding carboxylic acids is 4. The Bertz CT molecular complexity index is 542. The van der Waals surface area contributed by atoms with E-state index < -0.39 is 0 Å². The van der Waals surface area contributed by atoms with E-state index in [1.54, 1.807) is 12.1 Å². The van der Waals surface area contributed by atoms with Crippen LogP contribution in [0.3, 0.4) is 0 Å². The number of carbonyl (C=O) groups is 4. The van der Waals surface area contributed by atoms with Crippen LogP contribution in [0.25, 0.3) is 0 Å². The first-order valence-corrected chi connectivity index (χ1v) is 6.39. The molecule has 0 aliphatic rings. The minimum absolute atomic E-state index is 0.0838. The van der Waals surface area contributed by atoms with E-state index >= 15 is 0 Å². The van der Waals surface area contributed by atoms with Gasteiger partial charge in [0.2, 0.25) is 0 Å². The average molecular weight is 276 g/mol. The van der Waals surface area contributed by atoms with Gasteiger partial charge in [-0.3, -0.25) is 14.4 Å². The molecule has 0 saturated carbocycles. The van der Waals surface area contributed by atoms with Gasteiger partial charge in [-0.2, -0.15) is 0 Å². The van der Waals surface area contributed by atoms with Crippen LogP contribution in [0, 0.1) is 0 Å². The summed E-state index contributed by atoms with van der Waals surface area (Å²) in [5.74, 6) is -0.431. The van der Waals surface area contributed by atoms with E-state index in [0.717, 1.165) is 11.8 Å². The van der Waals surface area contributed by atoms with Crippen LogP contribution in [0.2, 0.25) is 0 Å². The summed E-state index contributed by atoms with van der Waals surface area (Å²) in [6, 6.07) is 3.20. The molecule has 20 heavy (non-hydrogen) atoms. The van der Waals surface area contributed by atoms with Gasteiger partial charge in [0.15, 0.2) is 17.3 Å². The molecule has 1 aromatic carbocycles. The summed E-state index contributed by atoms with van der Waals surface area (Å²) in [4.78, 5) is 43.3. The lowest BCUT2D eigenvalue weighted by atomic mass is 9.92. The number of ketones is 3. The molecule has 0 saturated heterocycles. The molecule has 1 aromatic rings. The zero-order valence-corrected chi connectivity index (χ0v) is 12.6. The van der Waals surface area contributed by atoms with Crippen LogP contribution >= 0.6 is 0 Å². The van der Waals surface area contributed by atoms with Crippen molar-refractivity contribution in [3.8, 4) is 0 Å². The monoisotopic (exact) mass is 276 g/mol. The number of hydrogen-bond donors (Lipinski definition) is 0. The van der Waals surface area contributed by atoms with Crippen LogP contribution in [0.1, 0.15) is 71.3 Å². The summed E-state index contributed by atoms with van der Waals surface area (Å²) in [6.45, 7) is 7.65. The molecule has 4 heteroatoms. The molecule has 0 unspecified atom stereocenters. The highest BCUT2D eigenvalue weighted by atomic mass is 16.1. The Hall–Kier alpha value is -2.10. The quantitative estimate of drug-likeness (QED) is 0.626. The fraction of sp³-hybridized carbons (Fsp3) is 0.375. The molecular formula is C16H20O4. The second kappa shape index (κ2) is 8.15. The third-order valence-electron chi connectivity index (χ3n) is 2.76. The van der Waals surface area contributed by atoms with Gasteiger partial charge in [0.05, 0.1) is 0 Å². The van der Waals surface area contributed by atoms with Crippen LogP contribution in [0.4, 0.5) is 0 Å². The molecule has 0 fully saturated rings. The molecule has 0 aliphatic heterocycles. The number of aldehydes is 1. The van der Waals surface area contributed by atoms with E-state index in [1.807, 2.05) is 6.92 Å². The van der Waals surface area contributed by atoms with E-state index in [9.17, 15) is 14.4 Å². The summed E-state index contributed by atoms with van der Waals surface area (Å²) in [7, 11) is 0. The zero-order valence-electron chi connectivity index (χ0n) is 12.6. The highest BCUT2D eigenvalue weighted by molar-refractivity contribution is 6.09. The van der Waals surface area contributed by atoms with E-state index in [1.165, 1.54) is 27.7 Å². The Labute approximate surface area is 119 Å². The Morgan fingerprint density at radius 3 is 1.55 bits per heavy atom. The van der Waals surface area contributed by atoms with Crippen molar-refractivity contribution < 1.29 is 19.2 Å².